The van der Waals surface area contributed by atoms with Crippen molar-refractivity contribution in [2.24, 2.45) is 0 Å². The van der Waals surface area contributed by atoms with E-state index in [4.69, 9.17) is 0 Å². The number of allylic oxidation sites excluding steroid dienone is 1. The quantitative estimate of drug-likeness (QED) is 0.551. The second kappa shape index (κ2) is 2.70. The van der Waals surface area contributed by atoms with E-state index in [0.717, 1.165) is 5.57 Å². The van der Waals surface area contributed by atoms with Crippen LogP contribution in [0.15, 0.2) is 30.8 Å². The third-order valence-corrected chi connectivity index (χ3v) is 1.51. The van der Waals surface area contributed by atoms with Gasteiger partial charge in [0.05, 0.1) is 0 Å². The van der Waals surface area contributed by atoms with Gasteiger partial charge in [-0.2, -0.15) is 0 Å². The second-order valence-corrected chi connectivity index (χ2v) is 2.65. The summed E-state index contributed by atoms with van der Waals surface area (Å²) in [6, 6.07) is 8.36. The molecule has 0 amide bonds. The Labute approximate surface area is 62.2 Å². The third kappa shape index (κ3) is 1.47. The average molecular weight is 132 g/mol. The molecule has 10 heavy (non-hydrogen) atoms. The van der Waals surface area contributed by atoms with E-state index < -0.39 is 0 Å². The van der Waals surface area contributed by atoms with Crippen LogP contribution in [0.5, 0.6) is 0 Å². The number of rotatable bonds is 1. The molecule has 0 N–H and O–H groups in total. The van der Waals surface area contributed by atoms with Gasteiger partial charge < -0.3 is 0 Å². The summed E-state index contributed by atoms with van der Waals surface area (Å²) in [5.74, 6) is 0. The van der Waals surface area contributed by atoms with Crippen LogP contribution in [-0.4, -0.2) is 0 Å². The molecule has 1 aromatic rings. The Bertz CT molecular complexity index is 246. The van der Waals surface area contributed by atoms with Gasteiger partial charge in [-0.05, 0) is 19.4 Å². The minimum atomic E-state index is 1.13. The lowest BCUT2D eigenvalue weighted by molar-refractivity contribution is 1.44. The molecule has 0 aliphatic carbocycles. The van der Waals surface area contributed by atoms with E-state index in [1.165, 1.54) is 11.1 Å². The van der Waals surface area contributed by atoms with Gasteiger partial charge in [-0.3, -0.25) is 0 Å². The van der Waals surface area contributed by atoms with Crippen LogP contribution < -0.4 is 0 Å². The molecule has 0 saturated carbocycles. The van der Waals surface area contributed by atoms with Crippen molar-refractivity contribution in [1.29, 1.82) is 0 Å². The molecule has 0 unspecified atom stereocenters. The SMILES string of the molecule is C=C(C)c1cccc(C)c1. The summed E-state index contributed by atoms with van der Waals surface area (Å²) in [5.41, 5.74) is 3.66. The lowest BCUT2D eigenvalue weighted by atomic mass is 10.1. The van der Waals surface area contributed by atoms with E-state index in [-0.39, 0.29) is 0 Å². The molecule has 0 spiro atoms. The summed E-state index contributed by atoms with van der Waals surface area (Å²) in [7, 11) is 0. The topological polar surface area (TPSA) is 0 Å². The van der Waals surface area contributed by atoms with E-state index in [2.05, 4.69) is 37.8 Å². The first-order valence-corrected chi connectivity index (χ1v) is 3.42. The van der Waals surface area contributed by atoms with E-state index in [1.54, 1.807) is 0 Å². The molecule has 1 aromatic carbocycles. The fourth-order valence-corrected chi connectivity index (χ4v) is 0.911. The van der Waals surface area contributed by atoms with E-state index in [9.17, 15) is 0 Å². The van der Waals surface area contributed by atoms with Crippen molar-refractivity contribution in [1.82, 2.24) is 0 Å². The van der Waals surface area contributed by atoms with Crippen LogP contribution in [0.25, 0.3) is 5.57 Å². The zero-order valence-electron chi connectivity index (χ0n) is 6.52. The molecule has 0 heteroatoms. The van der Waals surface area contributed by atoms with Crippen LogP contribution in [0.1, 0.15) is 18.1 Å². The molecule has 52 valence electrons. The predicted molar refractivity (Wildman–Crippen MR) is 45.9 cm³/mol. The van der Waals surface area contributed by atoms with Crippen LogP contribution in [0.2, 0.25) is 0 Å². The molecule has 0 fully saturated rings. The molecule has 0 atom stereocenters. The van der Waals surface area contributed by atoms with Crippen molar-refractivity contribution >= 4 is 5.57 Å². The highest BCUT2D eigenvalue weighted by Crippen LogP contribution is 2.11. The molecule has 0 saturated heterocycles. The van der Waals surface area contributed by atoms with E-state index >= 15 is 0 Å². The first-order valence-electron chi connectivity index (χ1n) is 3.42. The fraction of sp³-hybridized carbons (Fsp3) is 0.200. The van der Waals surface area contributed by atoms with Gasteiger partial charge in [-0.15, -0.1) is 0 Å². The predicted octanol–water partition coefficient (Wildman–Crippen LogP) is 3.03. The Morgan fingerprint density at radius 3 is 2.50 bits per heavy atom. The van der Waals surface area contributed by atoms with E-state index in [0.29, 0.717) is 0 Å². The van der Waals surface area contributed by atoms with Crippen molar-refractivity contribution in [2.75, 3.05) is 0 Å². The molecular formula is C10H12. The maximum absolute atomic E-state index is 3.87. The van der Waals surface area contributed by atoms with Crippen molar-refractivity contribution in [3.05, 3.63) is 42.0 Å². The minimum absolute atomic E-state index is 1.13. The number of benzene rings is 1. The van der Waals surface area contributed by atoms with Crippen molar-refractivity contribution < 1.29 is 0 Å². The van der Waals surface area contributed by atoms with Crippen LogP contribution in [0.4, 0.5) is 0 Å². The van der Waals surface area contributed by atoms with Gasteiger partial charge >= 0.3 is 0 Å². The third-order valence-electron chi connectivity index (χ3n) is 1.51. The average Bonchev–Trinajstić information content (AvgIpc) is 1.88. The van der Waals surface area contributed by atoms with Gasteiger partial charge in [0.25, 0.3) is 0 Å². The molecule has 0 bridgehead atoms. The van der Waals surface area contributed by atoms with Gasteiger partial charge in [0.15, 0.2) is 0 Å². The second-order valence-electron chi connectivity index (χ2n) is 2.65. The summed E-state index contributed by atoms with van der Waals surface area (Å²) in [6.07, 6.45) is 0. The fourth-order valence-electron chi connectivity index (χ4n) is 0.911. The molecule has 1 rings (SSSR count). The van der Waals surface area contributed by atoms with Gasteiger partial charge in [0, 0.05) is 0 Å². The lowest BCUT2D eigenvalue weighted by Gasteiger charge is -1.98. The van der Waals surface area contributed by atoms with Crippen LogP contribution in [-0.2, 0) is 0 Å². The Hall–Kier alpha value is -1.04. The van der Waals surface area contributed by atoms with Gasteiger partial charge in [-0.25, -0.2) is 0 Å². The Kier molecular flexibility index (Phi) is 1.91. The van der Waals surface area contributed by atoms with Gasteiger partial charge in [0.1, 0.15) is 0 Å². The summed E-state index contributed by atoms with van der Waals surface area (Å²) >= 11 is 0. The van der Waals surface area contributed by atoms with Gasteiger partial charge in [0.2, 0.25) is 0 Å². The normalized spacial score (nSPS) is 9.40. The Balaban J connectivity index is 3.07. The zero-order chi connectivity index (χ0) is 7.56. The Morgan fingerprint density at radius 1 is 1.40 bits per heavy atom. The standard InChI is InChI=1S/C10H12/c1-8(2)10-6-4-5-9(3)7-10/h4-7H,1H2,2-3H3. The molecule has 0 heterocycles. The molecule has 0 aromatic heterocycles. The molecular weight excluding hydrogens is 120 g/mol. The maximum atomic E-state index is 3.87. The monoisotopic (exact) mass is 132 g/mol. The highest BCUT2D eigenvalue weighted by molar-refractivity contribution is 5.61. The number of hydrogen-bond donors (Lipinski definition) is 0. The summed E-state index contributed by atoms with van der Waals surface area (Å²) in [4.78, 5) is 0. The zero-order valence-corrected chi connectivity index (χ0v) is 6.52. The Morgan fingerprint density at radius 2 is 2.10 bits per heavy atom. The van der Waals surface area contributed by atoms with Crippen molar-refractivity contribution in [3.63, 3.8) is 0 Å². The molecule has 0 nitrogen and oxygen atoms in total. The highest BCUT2D eigenvalue weighted by Gasteiger charge is 1.90. The maximum Gasteiger partial charge on any atom is -0.0231 e. The molecule has 0 aliphatic heterocycles. The molecule has 0 radical (unpaired) electrons. The van der Waals surface area contributed by atoms with E-state index in [1.807, 2.05) is 6.92 Å². The van der Waals surface area contributed by atoms with Crippen LogP contribution in [0, 0.1) is 6.92 Å². The van der Waals surface area contributed by atoms with Crippen molar-refractivity contribution in [3.8, 4) is 0 Å². The smallest absolute Gasteiger partial charge is 0.0231 e. The largest absolute Gasteiger partial charge is 0.0955 e. The first-order chi connectivity index (χ1) is 4.70. The van der Waals surface area contributed by atoms with Gasteiger partial charge in [-0.1, -0.05) is 42.0 Å². The summed E-state index contributed by atoms with van der Waals surface area (Å²) < 4.78 is 0. The first kappa shape index (κ1) is 7.07. The highest BCUT2D eigenvalue weighted by atomic mass is 14.0. The lowest BCUT2D eigenvalue weighted by Crippen LogP contribution is -1.77. The van der Waals surface area contributed by atoms with Crippen molar-refractivity contribution in [2.45, 2.75) is 13.8 Å². The summed E-state index contributed by atoms with van der Waals surface area (Å²) in [5, 5.41) is 0. The van der Waals surface area contributed by atoms with Crippen LogP contribution >= 0.6 is 0 Å². The van der Waals surface area contributed by atoms with Crippen LogP contribution in [0.3, 0.4) is 0 Å². The minimum Gasteiger partial charge on any atom is -0.0955 e. The number of aryl methyl sites for hydroxylation is 1. The molecule has 0 aliphatic rings. The summed E-state index contributed by atoms with van der Waals surface area (Å²) in [6.45, 7) is 7.98. The number of hydrogen-bond acceptors (Lipinski definition) is 0.